The van der Waals surface area contributed by atoms with E-state index in [1.165, 1.54) is 0 Å². The van der Waals surface area contributed by atoms with E-state index in [2.05, 4.69) is 5.11 Å². The van der Waals surface area contributed by atoms with Gasteiger partial charge in [-0.2, -0.15) is 0 Å². The summed E-state index contributed by atoms with van der Waals surface area (Å²) in [4.78, 5) is 13.7. The summed E-state index contributed by atoms with van der Waals surface area (Å²) in [5.74, 6) is 0. The molecule has 0 spiro atoms. The first-order valence-corrected chi connectivity index (χ1v) is 5.27. The SMILES string of the molecule is CC(C)N(C(=O)/N=[N+](\[O-])C(C)C)C(C)C. The Morgan fingerprint density at radius 3 is 1.80 bits per heavy atom. The lowest BCUT2D eigenvalue weighted by Gasteiger charge is -2.27. The summed E-state index contributed by atoms with van der Waals surface area (Å²) >= 11 is 0. The number of urea groups is 1. The summed E-state index contributed by atoms with van der Waals surface area (Å²) in [5.41, 5.74) is 0. The van der Waals surface area contributed by atoms with Crippen LogP contribution in [0.3, 0.4) is 0 Å². The number of hydrogen-bond donors (Lipinski definition) is 0. The fourth-order valence-electron chi connectivity index (χ4n) is 1.29. The van der Waals surface area contributed by atoms with Gasteiger partial charge in [0, 0.05) is 25.9 Å². The minimum absolute atomic E-state index is 0.0433. The summed E-state index contributed by atoms with van der Waals surface area (Å²) < 4.78 is 0. The summed E-state index contributed by atoms with van der Waals surface area (Å²) in [6, 6.07) is -0.692. The second-order valence-corrected chi connectivity index (χ2v) is 4.37. The Morgan fingerprint density at radius 1 is 1.13 bits per heavy atom. The number of hydrogen-bond acceptors (Lipinski definition) is 2. The van der Waals surface area contributed by atoms with Crippen LogP contribution in [-0.4, -0.2) is 33.9 Å². The molecule has 0 aromatic carbocycles. The third-order valence-corrected chi connectivity index (χ3v) is 1.96. The molecule has 0 atom stereocenters. The van der Waals surface area contributed by atoms with E-state index in [1.807, 2.05) is 27.7 Å². The van der Waals surface area contributed by atoms with Crippen LogP contribution in [0.25, 0.3) is 0 Å². The molecule has 0 N–H and O–H groups in total. The van der Waals surface area contributed by atoms with Crippen molar-refractivity contribution in [2.75, 3.05) is 0 Å². The van der Waals surface area contributed by atoms with Gasteiger partial charge < -0.3 is 10.1 Å². The first-order valence-electron chi connectivity index (χ1n) is 5.27. The van der Waals surface area contributed by atoms with Gasteiger partial charge in [0.2, 0.25) is 0 Å². The molecular weight excluding hydrogens is 194 g/mol. The first kappa shape index (κ1) is 13.9. The smallest absolute Gasteiger partial charge is 0.404 e. The molecule has 0 radical (unpaired) electrons. The highest BCUT2D eigenvalue weighted by Gasteiger charge is 2.22. The van der Waals surface area contributed by atoms with Crippen LogP contribution in [0, 0.1) is 5.21 Å². The van der Waals surface area contributed by atoms with Gasteiger partial charge in [0.05, 0.1) is 5.11 Å². The molecule has 5 heteroatoms. The summed E-state index contributed by atoms with van der Waals surface area (Å²) in [5, 5.41) is 14.7. The van der Waals surface area contributed by atoms with E-state index in [0.717, 1.165) is 0 Å². The maximum Gasteiger partial charge on any atom is 0.404 e. The lowest BCUT2D eigenvalue weighted by Crippen LogP contribution is -2.41. The van der Waals surface area contributed by atoms with Gasteiger partial charge in [0.1, 0.15) is 0 Å². The topological polar surface area (TPSA) is 58.7 Å². The quantitative estimate of drug-likeness (QED) is 0.412. The van der Waals surface area contributed by atoms with E-state index < -0.39 is 6.03 Å². The molecule has 5 nitrogen and oxygen atoms in total. The summed E-state index contributed by atoms with van der Waals surface area (Å²) in [6.07, 6.45) is 0. The van der Waals surface area contributed by atoms with Gasteiger partial charge >= 0.3 is 6.03 Å². The maximum absolute atomic E-state index is 11.7. The first-order chi connectivity index (χ1) is 6.77. The zero-order valence-corrected chi connectivity index (χ0v) is 10.4. The van der Waals surface area contributed by atoms with Crippen molar-refractivity contribution < 1.29 is 9.66 Å². The number of nitrogens with zero attached hydrogens (tertiary/aromatic N) is 3. The molecule has 88 valence electrons. The van der Waals surface area contributed by atoms with Gasteiger partial charge in [-0.15, -0.1) is 0 Å². The van der Waals surface area contributed by atoms with Crippen LogP contribution in [-0.2, 0) is 0 Å². The monoisotopic (exact) mass is 215 g/mol. The number of rotatable bonds is 3. The molecule has 0 unspecified atom stereocenters. The molecule has 0 aliphatic heterocycles. The molecule has 0 aliphatic carbocycles. The highest BCUT2D eigenvalue weighted by molar-refractivity contribution is 5.74. The van der Waals surface area contributed by atoms with Crippen molar-refractivity contribution in [3.05, 3.63) is 5.21 Å². The Bertz CT molecular complexity index is 239. The number of carbonyl (C=O) groups is 1. The third-order valence-electron chi connectivity index (χ3n) is 1.96. The van der Waals surface area contributed by atoms with Gasteiger partial charge in [0.25, 0.3) is 0 Å². The molecule has 0 saturated heterocycles. The van der Waals surface area contributed by atoms with Crippen LogP contribution in [0.2, 0.25) is 0 Å². The predicted octanol–water partition coefficient (Wildman–Crippen LogP) is 2.60. The highest BCUT2D eigenvalue weighted by Crippen LogP contribution is 2.07. The van der Waals surface area contributed by atoms with Crippen molar-refractivity contribution in [1.29, 1.82) is 0 Å². The lowest BCUT2D eigenvalue weighted by molar-refractivity contribution is -0.555. The third kappa shape index (κ3) is 4.27. The molecule has 0 heterocycles. The van der Waals surface area contributed by atoms with E-state index in [9.17, 15) is 10.0 Å². The number of amides is 2. The molecule has 0 fully saturated rings. The average molecular weight is 215 g/mol. The predicted molar refractivity (Wildman–Crippen MR) is 58.7 cm³/mol. The number of hydroxylamine groups is 1. The van der Waals surface area contributed by atoms with Crippen LogP contribution in [0.1, 0.15) is 41.5 Å². The fourth-order valence-corrected chi connectivity index (χ4v) is 1.29. The van der Waals surface area contributed by atoms with Gasteiger partial charge in [-0.05, 0) is 27.7 Å². The number of azo groups is 1. The van der Waals surface area contributed by atoms with Gasteiger partial charge in [-0.3, -0.25) is 0 Å². The second-order valence-electron chi connectivity index (χ2n) is 4.37. The Labute approximate surface area is 91.4 Å². The van der Waals surface area contributed by atoms with Crippen LogP contribution in [0.5, 0.6) is 0 Å². The molecule has 0 bridgehead atoms. The van der Waals surface area contributed by atoms with Crippen molar-refractivity contribution in [3.63, 3.8) is 0 Å². The molecular formula is C10H21N3O2. The summed E-state index contributed by atoms with van der Waals surface area (Å²) in [6.45, 7) is 11.0. The highest BCUT2D eigenvalue weighted by atomic mass is 16.5. The fraction of sp³-hybridized carbons (Fsp3) is 0.900. The molecule has 0 aromatic rings. The standard InChI is InChI=1S/C10H21N3O2/c1-7(2)12(8(3)4)10(14)11-13(15)9(5)6/h7-9H,1-6H3/b13-11-. The normalized spacial score (nSPS) is 12.7. The minimum atomic E-state index is -0.469. The van der Waals surface area contributed by atoms with Crippen LogP contribution in [0.4, 0.5) is 4.79 Å². The van der Waals surface area contributed by atoms with E-state index in [-0.39, 0.29) is 18.1 Å². The van der Waals surface area contributed by atoms with Crippen molar-refractivity contribution in [1.82, 2.24) is 4.90 Å². The van der Waals surface area contributed by atoms with Gasteiger partial charge in [0.15, 0.2) is 6.04 Å². The molecule has 2 amide bonds. The molecule has 0 aromatic heterocycles. The molecule has 0 saturated carbocycles. The zero-order chi connectivity index (χ0) is 12.2. The Morgan fingerprint density at radius 2 is 1.53 bits per heavy atom. The Kier molecular flexibility index (Phi) is 5.25. The van der Waals surface area contributed by atoms with Crippen molar-refractivity contribution in [2.24, 2.45) is 5.11 Å². The maximum atomic E-state index is 11.7. The van der Waals surface area contributed by atoms with Crippen molar-refractivity contribution in [3.8, 4) is 0 Å². The Balaban J connectivity index is 4.74. The van der Waals surface area contributed by atoms with Crippen molar-refractivity contribution >= 4 is 6.03 Å². The van der Waals surface area contributed by atoms with Crippen molar-refractivity contribution in [2.45, 2.75) is 59.7 Å². The van der Waals surface area contributed by atoms with E-state index in [0.29, 0.717) is 4.86 Å². The van der Waals surface area contributed by atoms with Crippen LogP contribution >= 0.6 is 0 Å². The Hall–Kier alpha value is -1.13. The minimum Gasteiger partial charge on any atom is -0.599 e. The molecule has 15 heavy (non-hydrogen) atoms. The van der Waals surface area contributed by atoms with Gasteiger partial charge in [-0.1, -0.05) is 4.86 Å². The largest absolute Gasteiger partial charge is 0.599 e. The van der Waals surface area contributed by atoms with Crippen LogP contribution < -0.4 is 0 Å². The second kappa shape index (κ2) is 5.68. The number of carbonyl (C=O) groups excluding carboxylic acids is 1. The average Bonchev–Trinajstić information content (AvgIpc) is 2.01. The summed E-state index contributed by atoms with van der Waals surface area (Å²) in [7, 11) is 0. The van der Waals surface area contributed by atoms with Crippen LogP contribution in [0.15, 0.2) is 5.11 Å². The zero-order valence-electron chi connectivity index (χ0n) is 10.4. The molecule has 0 rings (SSSR count). The van der Waals surface area contributed by atoms with E-state index in [1.54, 1.807) is 18.7 Å². The molecule has 0 aliphatic rings. The van der Waals surface area contributed by atoms with Gasteiger partial charge in [-0.25, -0.2) is 4.79 Å². The lowest BCUT2D eigenvalue weighted by atomic mass is 10.2. The van der Waals surface area contributed by atoms with E-state index in [4.69, 9.17) is 0 Å². The van der Waals surface area contributed by atoms with E-state index >= 15 is 0 Å².